The summed E-state index contributed by atoms with van der Waals surface area (Å²) in [7, 11) is 0. The summed E-state index contributed by atoms with van der Waals surface area (Å²) in [4.78, 5) is 12.9. The third-order valence-corrected chi connectivity index (χ3v) is 3.99. The van der Waals surface area contributed by atoms with Gasteiger partial charge in [0.05, 0.1) is 0 Å². The third kappa shape index (κ3) is 3.16. The Morgan fingerprint density at radius 3 is 2.15 bits per heavy atom. The van der Waals surface area contributed by atoms with Crippen molar-refractivity contribution in [2.24, 2.45) is 5.92 Å². The van der Waals surface area contributed by atoms with Gasteiger partial charge >= 0.3 is 0 Å². The first kappa shape index (κ1) is 14.5. The Kier molecular flexibility index (Phi) is 4.73. The molecule has 0 spiro atoms. The molecule has 0 saturated heterocycles. The van der Waals surface area contributed by atoms with Gasteiger partial charge in [-0.05, 0) is 18.4 Å². The number of hydrogen-bond donors (Lipinski definition) is 0. The van der Waals surface area contributed by atoms with Crippen molar-refractivity contribution in [3.8, 4) is 0 Å². The van der Waals surface area contributed by atoms with Crippen molar-refractivity contribution in [1.29, 1.82) is 0 Å². The number of benzene rings is 2. The van der Waals surface area contributed by atoms with Gasteiger partial charge in [0.25, 0.3) is 0 Å². The normalized spacial score (nSPS) is 13.8. The van der Waals surface area contributed by atoms with E-state index in [0.29, 0.717) is 5.92 Å². The number of carbonyl (C=O) groups is 1. The summed E-state index contributed by atoms with van der Waals surface area (Å²) in [6, 6.07) is 18.0. The van der Waals surface area contributed by atoms with Crippen LogP contribution in [-0.2, 0) is 0 Å². The molecule has 104 valence electrons. The second-order valence-corrected chi connectivity index (χ2v) is 5.50. The monoisotopic (exact) mass is 266 g/mol. The van der Waals surface area contributed by atoms with E-state index in [1.807, 2.05) is 49.4 Å². The quantitative estimate of drug-likeness (QED) is 0.695. The summed E-state index contributed by atoms with van der Waals surface area (Å²) in [5.74, 6) is 0.514. The van der Waals surface area contributed by atoms with Gasteiger partial charge in [-0.25, -0.2) is 0 Å². The molecule has 0 radical (unpaired) electrons. The summed E-state index contributed by atoms with van der Waals surface area (Å²) in [5.41, 5.74) is 3.11. The maximum absolute atomic E-state index is 12.9. The largest absolute Gasteiger partial charge is 0.293 e. The van der Waals surface area contributed by atoms with Gasteiger partial charge in [0.1, 0.15) is 0 Å². The van der Waals surface area contributed by atoms with Crippen LogP contribution < -0.4 is 0 Å². The SMILES string of the molecule is CCC(C)C(C(=O)c1ccc(C)cc1)c1ccccc1. The number of Topliss-reactive ketones (excluding diaryl/α,β-unsaturated/α-hetero) is 1. The standard InChI is InChI=1S/C19H22O/c1-4-15(3)18(16-8-6-5-7-9-16)19(20)17-12-10-14(2)11-13-17/h5-13,15,18H,4H2,1-3H3. The van der Waals surface area contributed by atoms with Gasteiger partial charge in [0, 0.05) is 11.5 Å². The lowest BCUT2D eigenvalue weighted by Gasteiger charge is -2.22. The number of ketones is 1. The lowest BCUT2D eigenvalue weighted by atomic mass is 9.80. The van der Waals surface area contributed by atoms with Crippen molar-refractivity contribution in [3.63, 3.8) is 0 Å². The molecule has 0 N–H and O–H groups in total. The van der Waals surface area contributed by atoms with Crippen LogP contribution in [-0.4, -0.2) is 5.78 Å². The lowest BCUT2D eigenvalue weighted by molar-refractivity contribution is 0.0932. The zero-order valence-electron chi connectivity index (χ0n) is 12.5. The molecule has 20 heavy (non-hydrogen) atoms. The van der Waals surface area contributed by atoms with Crippen LogP contribution in [0.4, 0.5) is 0 Å². The van der Waals surface area contributed by atoms with Gasteiger partial charge < -0.3 is 0 Å². The van der Waals surface area contributed by atoms with E-state index in [2.05, 4.69) is 26.0 Å². The third-order valence-electron chi connectivity index (χ3n) is 3.99. The van der Waals surface area contributed by atoms with Crippen molar-refractivity contribution >= 4 is 5.78 Å². The van der Waals surface area contributed by atoms with Crippen molar-refractivity contribution in [2.75, 3.05) is 0 Å². The van der Waals surface area contributed by atoms with Crippen LogP contribution in [0, 0.1) is 12.8 Å². The van der Waals surface area contributed by atoms with E-state index in [1.165, 1.54) is 5.56 Å². The van der Waals surface area contributed by atoms with Crippen LogP contribution in [0.2, 0.25) is 0 Å². The smallest absolute Gasteiger partial charge is 0.170 e. The summed E-state index contributed by atoms with van der Waals surface area (Å²) in [5, 5.41) is 0. The zero-order valence-corrected chi connectivity index (χ0v) is 12.5. The minimum absolute atomic E-state index is 0.0519. The Morgan fingerprint density at radius 2 is 1.60 bits per heavy atom. The molecule has 2 rings (SSSR count). The predicted molar refractivity (Wildman–Crippen MR) is 84.1 cm³/mol. The minimum Gasteiger partial charge on any atom is -0.293 e. The summed E-state index contributed by atoms with van der Waals surface area (Å²) in [6.07, 6.45) is 0.997. The van der Waals surface area contributed by atoms with E-state index < -0.39 is 0 Å². The van der Waals surface area contributed by atoms with Gasteiger partial charge in [-0.1, -0.05) is 80.4 Å². The maximum atomic E-state index is 12.9. The Morgan fingerprint density at radius 1 is 1.00 bits per heavy atom. The van der Waals surface area contributed by atoms with E-state index in [0.717, 1.165) is 17.5 Å². The van der Waals surface area contributed by atoms with E-state index >= 15 is 0 Å². The van der Waals surface area contributed by atoms with E-state index in [9.17, 15) is 4.79 Å². The molecule has 0 aliphatic heterocycles. The molecule has 2 aromatic carbocycles. The predicted octanol–water partition coefficient (Wildman–Crippen LogP) is 5.01. The van der Waals surface area contributed by atoms with Crippen molar-refractivity contribution in [3.05, 3.63) is 71.3 Å². The zero-order chi connectivity index (χ0) is 14.5. The number of rotatable bonds is 5. The Labute approximate surface area is 121 Å². The average Bonchev–Trinajstić information content (AvgIpc) is 2.49. The van der Waals surface area contributed by atoms with Gasteiger partial charge in [-0.15, -0.1) is 0 Å². The van der Waals surface area contributed by atoms with Crippen LogP contribution in [0.15, 0.2) is 54.6 Å². The molecule has 2 unspecified atom stereocenters. The molecule has 0 amide bonds. The Bertz CT molecular complexity index is 554. The highest BCUT2D eigenvalue weighted by molar-refractivity contribution is 6.01. The first-order chi connectivity index (χ1) is 9.63. The first-order valence-corrected chi connectivity index (χ1v) is 7.29. The van der Waals surface area contributed by atoms with Gasteiger partial charge in [0.2, 0.25) is 0 Å². The molecular formula is C19H22O. The number of aryl methyl sites for hydroxylation is 1. The van der Waals surface area contributed by atoms with Gasteiger partial charge in [-0.3, -0.25) is 4.79 Å². The first-order valence-electron chi connectivity index (χ1n) is 7.29. The van der Waals surface area contributed by atoms with Crippen molar-refractivity contribution in [1.82, 2.24) is 0 Å². The number of carbonyl (C=O) groups excluding carboxylic acids is 1. The number of hydrogen-bond acceptors (Lipinski definition) is 1. The molecule has 0 aliphatic rings. The van der Waals surface area contributed by atoms with Crippen molar-refractivity contribution < 1.29 is 4.79 Å². The Balaban J connectivity index is 2.36. The fourth-order valence-electron chi connectivity index (χ4n) is 2.53. The molecule has 2 atom stereocenters. The molecule has 2 aromatic rings. The summed E-state index contributed by atoms with van der Waals surface area (Å²) >= 11 is 0. The maximum Gasteiger partial charge on any atom is 0.170 e. The molecule has 0 heterocycles. The molecule has 0 saturated carbocycles. The second kappa shape index (κ2) is 6.51. The molecule has 0 aliphatic carbocycles. The summed E-state index contributed by atoms with van der Waals surface area (Å²) in [6.45, 7) is 6.34. The van der Waals surface area contributed by atoms with Crippen LogP contribution in [0.3, 0.4) is 0 Å². The topological polar surface area (TPSA) is 17.1 Å². The second-order valence-electron chi connectivity index (χ2n) is 5.50. The highest BCUT2D eigenvalue weighted by Crippen LogP contribution is 2.30. The van der Waals surface area contributed by atoms with Gasteiger partial charge in [-0.2, -0.15) is 0 Å². The van der Waals surface area contributed by atoms with E-state index in [1.54, 1.807) is 0 Å². The molecule has 0 bridgehead atoms. The molecule has 1 nitrogen and oxygen atoms in total. The molecule has 0 aromatic heterocycles. The average molecular weight is 266 g/mol. The molecule has 0 fully saturated rings. The fraction of sp³-hybridized carbons (Fsp3) is 0.316. The van der Waals surface area contributed by atoms with Crippen molar-refractivity contribution in [2.45, 2.75) is 33.1 Å². The van der Waals surface area contributed by atoms with Gasteiger partial charge in [0.15, 0.2) is 5.78 Å². The van der Waals surface area contributed by atoms with E-state index in [4.69, 9.17) is 0 Å². The van der Waals surface area contributed by atoms with Crippen LogP contribution in [0.25, 0.3) is 0 Å². The van der Waals surface area contributed by atoms with E-state index in [-0.39, 0.29) is 11.7 Å². The highest BCUT2D eigenvalue weighted by atomic mass is 16.1. The van der Waals surface area contributed by atoms with Crippen LogP contribution in [0.5, 0.6) is 0 Å². The van der Waals surface area contributed by atoms with Crippen LogP contribution in [0.1, 0.15) is 47.7 Å². The fourth-order valence-corrected chi connectivity index (χ4v) is 2.53. The Hall–Kier alpha value is -1.89. The highest BCUT2D eigenvalue weighted by Gasteiger charge is 2.26. The minimum atomic E-state index is -0.0519. The van der Waals surface area contributed by atoms with Crippen LogP contribution >= 0.6 is 0 Å². The lowest BCUT2D eigenvalue weighted by Crippen LogP contribution is -2.20. The molecule has 1 heteroatoms. The molecular weight excluding hydrogens is 244 g/mol. The summed E-state index contributed by atoms with van der Waals surface area (Å²) < 4.78 is 0.